The Morgan fingerprint density at radius 3 is 3.10 bits per heavy atom. The van der Waals surface area contributed by atoms with Crippen molar-refractivity contribution in [3.05, 3.63) is 0 Å². The number of esters is 1. The van der Waals surface area contributed by atoms with Gasteiger partial charge in [-0.05, 0) is 12.8 Å². The molecule has 1 aliphatic carbocycles. The Morgan fingerprint density at radius 1 is 1.80 bits per heavy atom. The number of rotatable bonds is 1. The van der Waals surface area contributed by atoms with Crippen LogP contribution in [0.3, 0.4) is 0 Å². The molecule has 3 heteroatoms. The van der Waals surface area contributed by atoms with Crippen LogP contribution in [-0.4, -0.2) is 24.8 Å². The van der Waals surface area contributed by atoms with Crippen LogP contribution in [0.1, 0.15) is 12.8 Å². The average molecular weight is 139 g/mol. The van der Waals surface area contributed by atoms with Gasteiger partial charge in [-0.25, -0.2) is 4.79 Å². The molecule has 2 unspecified atom stereocenters. The highest BCUT2D eigenvalue weighted by molar-refractivity contribution is 6.04. The minimum absolute atomic E-state index is 0.168. The molecule has 0 aromatic carbocycles. The van der Waals surface area contributed by atoms with Gasteiger partial charge < -0.3 is 4.74 Å². The van der Waals surface area contributed by atoms with Gasteiger partial charge in [0.1, 0.15) is 6.04 Å². The van der Waals surface area contributed by atoms with Crippen LogP contribution in [0.15, 0.2) is 4.99 Å². The summed E-state index contributed by atoms with van der Waals surface area (Å²) in [5.74, 6) is 0.448. The lowest BCUT2D eigenvalue weighted by Gasteiger charge is -2.03. The molecular weight excluding hydrogens is 130 g/mol. The summed E-state index contributed by atoms with van der Waals surface area (Å²) in [6.45, 7) is 0. The second-order valence-electron chi connectivity index (χ2n) is 2.80. The van der Waals surface area contributed by atoms with E-state index in [9.17, 15) is 4.79 Å². The summed E-state index contributed by atoms with van der Waals surface area (Å²) in [6.07, 6.45) is 2.01. The van der Waals surface area contributed by atoms with Crippen LogP contribution in [0.2, 0.25) is 0 Å². The summed E-state index contributed by atoms with van der Waals surface area (Å²) in [5.41, 5.74) is 1.22. The number of aliphatic imine (C=N–C) groups is 1. The van der Waals surface area contributed by atoms with E-state index in [1.54, 1.807) is 0 Å². The first kappa shape index (κ1) is 5.89. The highest BCUT2D eigenvalue weighted by Gasteiger charge is 2.42. The van der Waals surface area contributed by atoms with Crippen LogP contribution < -0.4 is 0 Å². The van der Waals surface area contributed by atoms with E-state index in [1.165, 1.54) is 12.8 Å². The second kappa shape index (κ2) is 1.81. The van der Waals surface area contributed by atoms with Crippen molar-refractivity contribution in [1.29, 1.82) is 0 Å². The van der Waals surface area contributed by atoms with Gasteiger partial charge in [0, 0.05) is 11.6 Å². The van der Waals surface area contributed by atoms with Crippen molar-refractivity contribution in [2.45, 2.75) is 18.9 Å². The lowest BCUT2D eigenvalue weighted by atomic mass is 10.2. The van der Waals surface area contributed by atoms with Gasteiger partial charge in [0.05, 0.1) is 7.11 Å². The van der Waals surface area contributed by atoms with Crippen LogP contribution >= 0.6 is 0 Å². The SMILES string of the molecule is COC(=O)C1CC2CC2=N1. The molecule has 1 saturated carbocycles. The van der Waals surface area contributed by atoms with E-state index in [-0.39, 0.29) is 12.0 Å². The quantitative estimate of drug-likeness (QED) is 0.493. The van der Waals surface area contributed by atoms with Crippen LogP contribution in [0.25, 0.3) is 0 Å². The fourth-order valence-electron chi connectivity index (χ4n) is 1.38. The highest BCUT2D eigenvalue weighted by atomic mass is 16.5. The third-order valence-electron chi connectivity index (χ3n) is 2.07. The first-order valence-electron chi connectivity index (χ1n) is 3.45. The Hall–Kier alpha value is -0.860. The molecule has 0 aromatic heterocycles. The molecule has 2 aliphatic rings. The van der Waals surface area contributed by atoms with E-state index in [0.29, 0.717) is 5.92 Å². The van der Waals surface area contributed by atoms with Gasteiger partial charge in [0.15, 0.2) is 0 Å². The molecule has 0 saturated heterocycles. The normalized spacial score (nSPS) is 34.7. The molecule has 0 aromatic rings. The number of hydrogen-bond acceptors (Lipinski definition) is 3. The molecule has 0 bridgehead atoms. The van der Waals surface area contributed by atoms with Crippen molar-refractivity contribution in [3.8, 4) is 0 Å². The molecular formula is C7H9NO2. The summed E-state index contributed by atoms with van der Waals surface area (Å²) in [7, 11) is 1.41. The third-order valence-corrected chi connectivity index (χ3v) is 2.07. The number of carbonyl (C=O) groups excluding carboxylic acids is 1. The Kier molecular flexibility index (Phi) is 1.07. The number of hydrogen-bond donors (Lipinski definition) is 0. The number of nitrogens with zero attached hydrogens (tertiary/aromatic N) is 1. The van der Waals surface area contributed by atoms with Crippen molar-refractivity contribution < 1.29 is 9.53 Å². The minimum Gasteiger partial charge on any atom is -0.467 e. The van der Waals surface area contributed by atoms with Gasteiger partial charge in [-0.2, -0.15) is 0 Å². The molecule has 0 spiro atoms. The number of ether oxygens (including phenoxy) is 1. The van der Waals surface area contributed by atoms with E-state index >= 15 is 0 Å². The summed E-state index contributed by atoms with van der Waals surface area (Å²) in [4.78, 5) is 15.0. The predicted octanol–water partition coefficient (Wildman–Crippen LogP) is 0.393. The minimum atomic E-state index is -0.181. The lowest BCUT2D eigenvalue weighted by molar-refractivity contribution is -0.142. The Morgan fingerprint density at radius 2 is 2.60 bits per heavy atom. The Bertz CT molecular complexity index is 210. The van der Waals surface area contributed by atoms with Crippen LogP contribution in [0, 0.1) is 5.92 Å². The predicted molar refractivity (Wildman–Crippen MR) is 36.0 cm³/mol. The van der Waals surface area contributed by atoms with E-state index < -0.39 is 0 Å². The molecule has 54 valence electrons. The van der Waals surface area contributed by atoms with E-state index in [0.717, 1.165) is 12.8 Å². The van der Waals surface area contributed by atoms with Crippen molar-refractivity contribution in [2.24, 2.45) is 10.9 Å². The maximum Gasteiger partial charge on any atom is 0.330 e. The van der Waals surface area contributed by atoms with Crippen LogP contribution in [0.5, 0.6) is 0 Å². The Labute approximate surface area is 59.1 Å². The first-order chi connectivity index (χ1) is 4.81. The average Bonchev–Trinajstić information content (AvgIpc) is 2.57. The molecule has 3 nitrogen and oxygen atoms in total. The molecule has 2 rings (SSSR count). The molecule has 0 N–H and O–H groups in total. The zero-order chi connectivity index (χ0) is 7.14. The lowest BCUT2D eigenvalue weighted by Crippen LogP contribution is -2.18. The monoisotopic (exact) mass is 139 g/mol. The van der Waals surface area contributed by atoms with E-state index in [1.807, 2.05) is 0 Å². The van der Waals surface area contributed by atoms with Crippen LogP contribution in [-0.2, 0) is 9.53 Å². The van der Waals surface area contributed by atoms with Gasteiger partial charge in [0.2, 0.25) is 0 Å². The van der Waals surface area contributed by atoms with Crippen molar-refractivity contribution in [2.75, 3.05) is 7.11 Å². The molecule has 1 fully saturated rings. The van der Waals surface area contributed by atoms with Gasteiger partial charge in [-0.3, -0.25) is 4.99 Å². The van der Waals surface area contributed by atoms with Crippen molar-refractivity contribution in [3.63, 3.8) is 0 Å². The van der Waals surface area contributed by atoms with Crippen LogP contribution in [0.4, 0.5) is 0 Å². The molecule has 2 atom stereocenters. The molecule has 0 radical (unpaired) electrons. The second-order valence-corrected chi connectivity index (χ2v) is 2.80. The van der Waals surface area contributed by atoms with Gasteiger partial charge in [-0.1, -0.05) is 0 Å². The fourth-order valence-corrected chi connectivity index (χ4v) is 1.38. The maximum atomic E-state index is 10.9. The fraction of sp³-hybridized carbons (Fsp3) is 0.714. The van der Waals surface area contributed by atoms with E-state index in [4.69, 9.17) is 0 Å². The van der Waals surface area contributed by atoms with Crippen molar-refractivity contribution in [1.82, 2.24) is 0 Å². The number of methoxy groups -OCH3 is 1. The zero-order valence-corrected chi connectivity index (χ0v) is 5.83. The van der Waals surface area contributed by atoms with Crippen molar-refractivity contribution >= 4 is 11.7 Å². The van der Waals surface area contributed by atoms with Gasteiger partial charge in [-0.15, -0.1) is 0 Å². The highest BCUT2D eigenvalue weighted by Crippen LogP contribution is 2.38. The standard InChI is InChI=1S/C7H9NO2/c1-10-7(9)6-3-4-2-5(4)8-6/h4,6H,2-3H2,1H3. The maximum absolute atomic E-state index is 10.9. The van der Waals surface area contributed by atoms with Gasteiger partial charge >= 0.3 is 5.97 Å². The smallest absolute Gasteiger partial charge is 0.330 e. The van der Waals surface area contributed by atoms with Gasteiger partial charge in [0.25, 0.3) is 0 Å². The first-order valence-corrected chi connectivity index (χ1v) is 3.45. The Balaban J connectivity index is 2.03. The topological polar surface area (TPSA) is 38.7 Å². The molecule has 1 aliphatic heterocycles. The summed E-state index contributed by atoms with van der Waals surface area (Å²) in [6, 6.07) is -0.168. The number of fused-ring (bicyclic) bond motifs is 1. The number of carbonyl (C=O) groups is 1. The third kappa shape index (κ3) is 0.735. The zero-order valence-electron chi connectivity index (χ0n) is 5.83. The summed E-state index contributed by atoms with van der Waals surface area (Å²) < 4.78 is 4.56. The molecule has 0 amide bonds. The van der Waals surface area contributed by atoms with E-state index in [2.05, 4.69) is 9.73 Å². The molecule has 1 heterocycles. The largest absolute Gasteiger partial charge is 0.467 e. The summed E-state index contributed by atoms with van der Waals surface area (Å²) >= 11 is 0. The summed E-state index contributed by atoms with van der Waals surface area (Å²) in [5, 5.41) is 0. The molecule has 10 heavy (non-hydrogen) atoms.